The topological polar surface area (TPSA) is 156 Å². The van der Waals surface area contributed by atoms with E-state index in [1.165, 1.54) is 35.2 Å². The van der Waals surface area contributed by atoms with E-state index in [2.05, 4.69) is 6.07 Å². The monoisotopic (exact) mass is 499 g/mol. The number of hydrogen-bond acceptors (Lipinski definition) is 9. The SMILES string of the molecule is CC1(C)CC(=O)C2=C(C1)N(c1cc([N+](=O)[O-])ccc1Cl)C(N)=C(C#N)[C@@H]2c1ccc([N+](=O)[O-])s1. The average molecular weight is 500 g/mol. The number of nitro groups is 2. The highest BCUT2D eigenvalue weighted by Crippen LogP contribution is 2.52. The number of anilines is 1. The molecule has 0 spiro atoms. The number of carbonyl (C=O) groups excluding carboxylic acids is 1. The molecule has 0 saturated carbocycles. The molecule has 0 fully saturated rings. The summed E-state index contributed by atoms with van der Waals surface area (Å²) >= 11 is 7.29. The third-order valence-electron chi connectivity index (χ3n) is 5.84. The van der Waals surface area contributed by atoms with Gasteiger partial charge < -0.3 is 5.73 Å². The number of hydrogen-bond donors (Lipinski definition) is 1. The molecular formula is C22H18ClN5O5S. The summed E-state index contributed by atoms with van der Waals surface area (Å²) in [5.74, 6) is -1.13. The molecule has 2 aliphatic rings. The molecule has 2 aromatic rings. The maximum atomic E-state index is 13.4. The Morgan fingerprint density at radius 3 is 2.50 bits per heavy atom. The molecule has 4 rings (SSSR count). The van der Waals surface area contributed by atoms with Crippen molar-refractivity contribution in [3.05, 3.63) is 83.1 Å². The first-order valence-corrected chi connectivity index (χ1v) is 11.3. The van der Waals surface area contributed by atoms with Gasteiger partial charge in [-0.1, -0.05) is 36.8 Å². The van der Waals surface area contributed by atoms with Crippen LogP contribution in [0.3, 0.4) is 0 Å². The Kier molecular flexibility index (Phi) is 5.67. The average Bonchev–Trinajstić information content (AvgIpc) is 3.23. The van der Waals surface area contributed by atoms with Gasteiger partial charge in [-0.15, -0.1) is 0 Å². The summed E-state index contributed by atoms with van der Waals surface area (Å²) < 4.78 is 0. The number of nitriles is 1. The number of Topliss-reactive ketones (excluding diaryl/α,β-unsaturated/α-hetero) is 1. The van der Waals surface area contributed by atoms with Crippen LogP contribution in [0.25, 0.3) is 0 Å². The molecule has 2 heterocycles. The van der Waals surface area contributed by atoms with Crippen LogP contribution in [0, 0.1) is 37.0 Å². The molecule has 34 heavy (non-hydrogen) atoms. The predicted octanol–water partition coefficient (Wildman–Crippen LogP) is 5.16. The zero-order valence-electron chi connectivity index (χ0n) is 18.1. The highest BCUT2D eigenvalue weighted by Gasteiger charge is 2.45. The molecule has 1 atom stereocenters. The van der Waals surface area contributed by atoms with E-state index in [0.717, 1.165) is 11.3 Å². The number of non-ortho nitro benzene ring substituents is 1. The summed E-state index contributed by atoms with van der Waals surface area (Å²) in [5, 5.41) is 32.7. The van der Waals surface area contributed by atoms with Crippen LogP contribution in [0.1, 0.15) is 37.5 Å². The maximum Gasteiger partial charge on any atom is 0.324 e. The second-order valence-electron chi connectivity index (χ2n) is 8.81. The van der Waals surface area contributed by atoms with Crippen molar-refractivity contribution in [1.82, 2.24) is 0 Å². The molecule has 0 unspecified atom stereocenters. The number of benzene rings is 1. The summed E-state index contributed by atoms with van der Waals surface area (Å²) in [6.45, 7) is 3.82. The molecule has 0 amide bonds. The van der Waals surface area contributed by atoms with Gasteiger partial charge in [0, 0.05) is 40.8 Å². The number of nitro benzene ring substituents is 1. The second kappa shape index (κ2) is 8.23. The predicted molar refractivity (Wildman–Crippen MR) is 126 cm³/mol. The van der Waals surface area contributed by atoms with Crippen molar-refractivity contribution >= 4 is 45.1 Å². The molecule has 1 aromatic heterocycles. The maximum absolute atomic E-state index is 13.4. The Bertz CT molecular complexity index is 1370. The zero-order valence-corrected chi connectivity index (χ0v) is 19.6. The second-order valence-corrected chi connectivity index (χ2v) is 10.3. The van der Waals surface area contributed by atoms with Gasteiger partial charge >= 0.3 is 5.00 Å². The summed E-state index contributed by atoms with van der Waals surface area (Å²) in [5.41, 5.74) is 6.75. The highest BCUT2D eigenvalue weighted by atomic mass is 35.5. The third kappa shape index (κ3) is 3.81. The molecule has 0 saturated heterocycles. The van der Waals surface area contributed by atoms with E-state index in [1.54, 1.807) is 0 Å². The molecule has 0 bridgehead atoms. The lowest BCUT2D eigenvalue weighted by Gasteiger charge is -2.43. The Morgan fingerprint density at radius 2 is 1.91 bits per heavy atom. The van der Waals surface area contributed by atoms with Crippen LogP contribution >= 0.6 is 22.9 Å². The minimum atomic E-state index is -0.879. The van der Waals surface area contributed by atoms with E-state index < -0.39 is 21.2 Å². The fraction of sp³-hybridized carbons (Fsp3) is 0.273. The molecule has 2 N–H and O–H groups in total. The number of thiophene rings is 1. The van der Waals surface area contributed by atoms with Gasteiger partial charge in [0.25, 0.3) is 5.69 Å². The number of nitrogens with zero attached hydrogens (tertiary/aromatic N) is 4. The molecule has 12 heteroatoms. The Labute approximate surface area is 202 Å². The first-order chi connectivity index (χ1) is 15.9. The van der Waals surface area contributed by atoms with Crippen LogP contribution in [0.5, 0.6) is 0 Å². The summed E-state index contributed by atoms with van der Waals surface area (Å²) in [4.78, 5) is 36.9. The highest BCUT2D eigenvalue weighted by molar-refractivity contribution is 7.15. The van der Waals surface area contributed by atoms with E-state index >= 15 is 0 Å². The van der Waals surface area contributed by atoms with Gasteiger partial charge in [-0.2, -0.15) is 5.26 Å². The van der Waals surface area contributed by atoms with Crippen molar-refractivity contribution in [3.63, 3.8) is 0 Å². The fourth-order valence-corrected chi connectivity index (χ4v) is 5.59. The van der Waals surface area contributed by atoms with Crippen molar-refractivity contribution in [3.8, 4) is 6.07 Å². The van der Waals surface area contributed by atoms with Gasteiger partial charge in [0.05, 0.1) is 38.1 Å². The Hall–Kier alpha value is -3.75. The van der Waals surface area contributed by atoms with Crippen molar-refractivity contribution in [2.75, 3.05) is 4.90 Å². The number of ketones is 1. The van der Waals surface area contributed by atoms with E-state index in [9.17, 15) is 30.3 Å². The van der Waals surface area contributed by atoms with Gasteiger partial charge in [-0.25, -0.2) is 0 Å². The van der Waals surface area contributed by atoms with Crippen LogP contribution in [-0.4, -0.2) is 15.6 Å². The fourth-order valence-electron chi connectivity index (χ4n) is 4.45. The van der Waals surface area contributed by atoms with Crippen molar-refractivity contribution in [2.45, 2.75) is 32.6 Å². The number of halogens is 1. The number of allylic oxidation sites excluding steroid dienone is 3. The van der Waals surface area contributed by atoms with Gasteiger partial charge in [0.1, 0.15) is 5.82 Å². The normalized spacial score (nSPS) is 19.6. The molecule has 1 aliphatic heterocycles. The molecule has 0 radical (unpaired) electrons. The zero-order chi connectivity index (χ0) is 24.9. The smallest absolute Gasteiger partial charge is 0.324 e. The van der Waals surface area contributed by atoms with Crippen LogP contribution in [0.15, 0.2) is 53.0 Å². The Balaban J connectivity index is 2.02. The lowest BCUT2D eigenvalue weighted by molar-refractivity contribution is -0.384. The minimum absolute atomic E-state index is 0.0196. The third-order valence-corrected chi connectivity index (χ3v) is 7.26. The lowest BCUT2D eigenvalue weighted by Crippen LogP contribution is -2.42. The van der Waals surface area contributed by atoms with Gasteiger partial charge in [-0.05, 0) is 24.0 Å². The van der Waals surface area contributed by atoms with Crippen LogP contribution in [0.2, 0.25) is 5.02 Å². The van der Waals surface area contributed by atoms with Crippen molar-refractivity contribution in [1.29, 1.82) is 5.26 Å². The first-order valence-electron chi connectivity index (χ1n) is 10.1. The molecule has 1 aromatic carbocycles. The van der Waals surface area contributed by atoms with Crippen LogP contribution in [0.4, 0.5) is 16.4 Å². The van der Waals surface area contributed by atoms with Crippen molar-refractivity contribution < 1.29 is 14.6 Å². The first kappa shape index (κ1) is 23.4. The van der Waals surface area contributed by atoms with Crippen molar-refractivity contribution in [2.24, 2.45) is 11.1 Å². The lowest BCUT2D eigenvalue weighted by atomic mass is 9.69. The Morgan fingerprint density at radius 1 is 1.21 bits per heavy atom. The van der Waals surface area contributed by atoms with E-state index in [1.807, 2.05) is 13.8 Å². The van der Waals surface area contributed by atoms with Gasteiger partial charge in [0.2, 0.25) is 0 Å². The summed E-state index contributed by atoms with van der Waals surface area (Å²) in [6, 6.07) is 8.76. The molecular weight excluding hydrogens is 482 g/mol. The summed E-state index contributed by atoms with van der Waals surface area (Å²) in [6.07, 6.45) is 0.571. The molecule has 1 aliphatic carbocycles. The van der Waals surface area contributed by atoms with Crippen LogP contribution in [-0.2, 0) is 4.79 Å². The molecule has 10 nitrogen and oxygen atoms in total. The summed E-state index contributed by atoms with van der Waals surface area (Å²) in [7, 11) is 0. The standard InChI is InChI=1S/C22H18ClN5O5S/c1-22(2)8-15-20(16(29)9-22)19(17-5-6-18(34-17)28(32)33)12(10-24)21(25)26(15)14-7-11(27(30)31)3-4-13(14)23/h3-7,19H,8-9,25H2,1-2H3/t19-/m1/s1. The number of nitrogens with two attached hydrogens (primary N) is 1. The van der Waals surface area contributed by atoms with E-state index in [-0.39, 0.29) is 45.0 Å². The largest absolute Gasteiger partial charge is 0.384 e. The van der Waals surface area contributed by atoms with Gasteiger partial charge in [0.15, 0.2) is 5.78 Å². The number of carbonyl (C=O) groups is 1. The van der Waals surface area contributed by atoms with Gasteiger partial charge in [-0.3, -0.25) is 29.9 Å². The van der Waals surface area contributed by atoms with E-state index in [4.69, 9.17) is 17.3 Å². The minimum Gasteiger partial charge on any atom is -0.384 e. The van der Waals surface area contributed by atoms with E-state index in [0.29, 0.717) is 22.6 Å². The number of rotatable bonds is 4. The molecule has 174 valence electrons. The quantitative estimate of drug-likeness (QED) is 0.446. The van der Waals surface area contributed by atoms with Crippen LogP contribution < -0.4 is 10.6 Å².